The van der Waals surface area contributed by atoms with Crippen LogP contribution >= 0.6 is 0 Å². The molecule has 1 atom stereocenters. The highest BCUT2D eigenvalue weighted by Gasteiger charge is 2.16. The van der Waals surface area contributed by atoms with Gasteiger partial charge in [0.1, 0.15) is 5.78 Å². The number of rotatable bonds is 5. The summed E-state index contributed by atoms with van der Waals surface area (Å²) in [6, 6.07) is 5.67. The fraction of sp³-hybridized carbons (Fsp3) is 0.538. The molecule has 1 unspecified atom stereocenters. The van der Waals surface area contributed by atoms with E-state index in [0.717, 1.165) is 31.6 Å². The molecule has 1 aliphatic heterocycles. The Labute approximate surface area is 95.8 Å². The number of nitrogens with zero attached hydrogens (tertiary/aromatic N) is 1. The highest BCUT2D eigenvalue weighted by Crippen LogP contribution is 2.17. The Morgan fingerprint density at radius 2 is 2.44 bits per heavy atom. The van der Waals surface area contributed by atoms with Gasteiger partial charge in [-0.15, -0.1) is 0 Å². The molecule has 0 aliphatic carbocycles. The summed E-state index contributed by atoms with van der Waals surface area (Å²) in [7, 11) is 0. The zero-order chi connectivity index (χ0) is 11.2. The molecule has 0 saturated carbocycles. The summed E-state index contributed by atoms with van der Waals surface area (Å²) in [5.41, 5.74) is 0.861. The van der Waals surface area contributed by atoms with E-state index in [4.69, 9.17) is 4.74 Å². The highest BCUT2D eigenvalue weighted by atomic mass is 16.5. The number of aromatic nitrogens is 1. The molecule has 2 heterocycles. The summed E-state index contributed by atoms with van der Waals surface area (Å²) in [5.74, 6) is 0.259. The van der Waals surface area contributed by atoms with Crippen LogP contribution in [0.4, 0.5) is 0 Å². The number of hydrogen-bond acceptors (Lipinski definition) is 3. The maximum absolute atomic E-state index is 11.7. The molecule has 0 bridgehead atoms. The van der Waals surface area contributed by atoms with Crippen molar-refractivity contribution in [3.63, 3.8) is 0 Å². The second kappa shape index (κ2) is 5.75. The monoisotopic (exact) mass is 219 g/mol. The molecule has 2 rings (SSSR count). The topological polar surface area (TPSA) is 39.2 Å². The maximum atomic E-state index is 11.7. The van der Waals surface area contributed by atoms with Crippen LogP contribution in [0.3, 0.4) is 0 Å². The SMILES string of the molecule is O=C(CCC1CCCO1)Cc1ccccn1. The minimum atomic E-state index is 0.259. The number of ether oxygens (including phenoxy) is 1. The Morgan fingerprint density at radius 1 is 1.50 bits per heavy atom. The average molecular weight is 219 g/mol. The van der Waals surface area contributed by atoms with Gasteiger partial charge in [0, 0.05) is 31.3 Å². The molecule has 3 nitrogen and oxygen atoms in total. The van der Waals surface area contributed by atoms with Gasteiger partial charge in [-0.2, -0.15) is 0 Å². The lowest BCUT2D eigenvalue weighted by atomic mass is 10.1. The first-order valence-corrected chi connectivity index (χ1v) is 5.88. The van der Waals surface area contributed by atoms with Crippen LogP contribution < -0.4 is 0 Å². The maximum Gasteiger partial charge on any atom is 0.138 e. The smallest absolute Gasteiger partial charge is 0.138 e. The predicted molar refractivity (Wildman–Crippen MR) is 61.2 cm³/mol. The molecule has 0 amide bonds. The predicted octanol–water partition coefficient (Wildman–Crippen LogP) is 2.15. The Morgan fingerprint density at radius 3 is 3.12 bits per heavy atom. The second-order valence-corrected chi connectivity index (χ2v) is 4.21. The molecule has 1 aliphatic rings. The molecule has 1 fully saturated rings. The van der Waals surface area contributed by atoms with E-state index in [2.05, 4.69) is 4.98 Å². The summed E-state index contributed by atoms with van der Waals surface area (Å²) in [6.07, 6.45) is 6.21. The molecule has 86 valence electrons. The first-order valence-electron chi connectivity index (χ1n) is 5.88. The first kappa shape index (κ1) is 11.3. The van der Waals surface area contributed by atoms with Gasteiger partial charge in [0.05, 0.1) is 6.10 Å². The molecule has 1 saturated heterocycles. The van der Waals surface area contributed by atoms with E-state index in [1.807, 2.05) is 18.2 Å². The lowest BCUT2D eigenvalue weighted by Crippen LogP contribution is -2.10. The van der Waals surface area contributed by atoms with Crippen LogP contribution in [0.15, 0.2) is 24.4 Å². The Balaban J connectivity index is 1.72. The third kappa shape index (κ3) is 3.42. The van der Waals surface area contributed by atoms with E-state index in [1.54, 1.807) is 6.20 Å². The fourth-order valence-corrected chi connectivity index (χ4v) is 1.99. The number of Topliss-reactive ketones (excluding diaryl/α,β-unsaturated/α-hetero) is 1. The second-order valence-electron chi connectivity index (χ2n) is 4.21. The van der Waals surface area contributed by atoms with Crippen molar-refractivity contribution in [1.82, 2.24) is 4.98 Å². The van der Waals surface area contributed by atoms with Crippen molar-refractivity contribution in [2.75, 3.05) is 6.61 Å². The van der Waals surface area contributed by atoms with Gasteiger partial charge in [0.2, 0.25) is 0 Å². The van der Waals surface area contributed by atoms with Crippen LogP contribution in [0, 0.1) is 0 Å². The van der Waals surface area contributed by atoms with E-state index in [-0.39, 0.29) is 5.78 Å². The lowest BCUT2D eigenvalue weighted by molar-refractivity contribution is -0.119. The molecule has 0 N–H and O–H groups in total. The normalized spacial score (nSPS) is 19.9. The standard InChI is InChI=1S/C13H17NO2/c15-12(6-7-13-5-3-9-16-13)10-11-4-1-2-8-14-11/h1-2,4,8,13H,3,5-7,9-10H2. The minimum Gasteiger partial charge on any atom is -0.378 e. The number of ketones is 1. The Bertz CT molecular complexity index is 331. The van der Waals surface area contributed by atoms with Crippen molar-refractivity contribution in [1.29, 1.82) is 0 Å². The van der Waals surface area contributed by atoms with E-state index in [1.165, 1.54) is 0 Å². The van der Waals surface area contributed by atoms with E-state index < -0.39 is 0 Å². The van der Waals surface area contributed by atoms with Gasteiger partial charge in [-0.25, -0.2) is 0 Å². The van der Waals surface area contributed by atoms with Crippen molar-refractivity contribution in [3.05, 3.63) is 30.1 Å². The van der Waals surface area contributed by atoms with Crippen LogP contribution in [0.5, 0.6) is 0 Å². The largest absolute Gasteiger partial charge is 0.378 e. The average Bonchev–Trinajstić information content (AvgIpc) is 2.81. The summed E-state index contributed by atoms with van der Waals surface area (Å²) in [5, 5.41) is 0. The molecular weight excluding hydrogens is 202 g/mol. The third-order valence-corrected chi connectivity index (χ3v) is 2.87. The van der Waals surface area contributed by atoms with Gasteiger partial charge in [-0.3, -0.25) is 9.78 Å². The summed E-state index contributed by atoms with van der Waals surface area (Å²) >= 11 is 0. The van der Waals surface area contributed by atoms with Gasteiger partial charge >= 0.3 is 0 Å². The minimum absolute atomic E-state index is 0.259. The molecule has 1 aromatic heterocycles. The molecule has 3 heteroatoms. The molecule has 1 aromatic rings. The van der Waals surface area contributed by atoms with Gasteiger partial charge in [0.15, 0.2) is 0 Å². The molecule has 16 heavy (non-hydrogen) atoms. The van der Waals surface area contributed by atoms with Crippen molar-refractivity contribution in [3.8, 4) is 0 Å². The quantitative estimate of drug-likeness (QED) is 0.761. The molecular formula is C13H17NO2. The first-order chi connectivity index (χ1) is 7.84. The summed E-state index contributed by atoms with van der Waals surface area (Å²) in [4.78, 5) is 15.8. The molecule has 0 aromatic carbocycles. The third-order valence-electron chi connectivity index (χ3n) is 2.87. The number of carbonyl (C=O) groups is 1. The molecule has 0 radical (unpaired) electrons. The zero-order valence-corrected chi connectivity index (χ0v) is 9.39. The van der Waals surface area contributed by atoms with Crippen LogP contribution in [-0.2, 0) is 16.0 Å². The Kier molecular flexibility index (Phi) is 4.05. The summed E-state index contributed by atoms with van der Waals surface area (Å²) in [6.45, 7) is 0.860. The van der Waals surface area contributed by atoms with Gasteiger partial charge in [-0.05, 0) is 31.4 Å². The zero-order valence-electron chi connectivity index (χ0n) is 9.39. The van der Waals surface area contributed by atoms with Crippen LogP contribution in [0.2, 0.25) is 0 Å². The van der Waals surface area contributed by atoms with Crippen molar-refractivity contribution >= 4 is 5.78 Å². The lowest BCUT2D eigenvalue weighted by Gasteiger charge is -2.07. The van der Waals surface area contributed by atoms with Crippen LogP contribution in [-0.4, -0.2) is 23.5 Å². The van der Waals surface area contributed by atoms with Crippen molar-refractivity contribution in [2.24, 2.45) is 0 Å². The fourth-order valence-electron chi connectivity index (χ4n) is 1.99. The van der Waals surface area contributed by atoms with Crippen LogP contribution in [0.1, 0.15) is 31.4 Å². The van der Waals surface area contributed by atoms with E-state index in [0.29, 0.717) is 18.9 Å². The molecule has 0 spiro atoms. The van der Waals surface area contributed by atoms with Gasteiger partial charge < -0.3 is 4.74 Å². The highest BCUT2D eigenvalue weighted by molar-refractivity contribution is 5.80. The Hall–Kier alpha value is -1.22. The number of pyridine rings is 1. The van der Waals surface area contributed by atoms with Crippen molar-refractivity contribution < 1.29 is 9.53 Å². The number of hydrogen-bond donors (Lipinski definition) is 0. The van der Waals surface area contributed by atoms with Gasteiger partial charge in [-0.1, -0.05) is 6.07 Å². The van der Waals surface area contributed by atoms with E-state index >= 15 is 0 Å². The van der Waals surface area contributed by atoms with E-state index in [9.17, 15) is 4.79 Å². The van der Waals surface area contributed by atoms with Crippen LogP contribution in [0.25, 0.3) is 0 Å². The van der Waals surface area contributed by atoms with Gasteiger partial charge in [0.25, 0.3) is 0 Å². The number of carbonyl (C=O) groups excluding carboxylic acids is 1. The summed E-state index contributed by atoms with van der Waals surface area (Å²) < 4.78 is 5.49. The van der Waals surface area contributed by atoms with Crippen molar-refractivity contribution in [2.45, 2.75) is 38.2 Å².